The molecule has 4 bridgehead atoms. The van der Waals surface area contributed by atoms with Gasteiger partial charge in [-0.25, -0.2) is 9.59 Å². The van der Waals surface area contributed by atoms with Crippen LogP contribution in [0.25, 0.3) is 0 Å². The predicted octanol–water partition coefficient (Wildman–Crippen LogP) is 0.957. The molecule has 1 aliphatic heterocycles. The molecule has 27 heavy (non-hydrogen) atoms. The van der Waals surface area contributed by atoms with Crippen LogP contribution >= 0.6 is 0 Å². The number of ether oxygens (including phenoxy) is 1. The van der Waals surface area contributed by atoms with E-state index < -0.39 is 12.0 Å². The topological polar surface area (TPSA) is 108 Å². The molecule has 1 heterocycles. The SMILES string of the molecule is O=C(NCCC(=O)N1CCOCC1C(=O)O)NC12CC3CC(CC(C3)C1)C2. The van der Waals surface area contributed by atoms with E-state index in [0.29, 0.717) is 6.61 Å². The normalized spacial score (nSPS) is 37.1. The fraction of sp³-hybridized carbons (Fsp3) is 0.842. The Labute approximate surface area is 159 Å². The van der Waals surface area contributed by atoms with Crippen LogP contribution in [0.3, 0.4) is 0 Å². The highest BCUT2D eigenvalue weighted by Crippen LogP contribution is 2.55. The Kier molecular flexibility index (Phi) is 5.01. The van der Waals surface area contributed by atoms with Gasteiger partial charge in [0.05, 0.1) is 13.2 Å². The van der Waals surface area contributed by atoms with Gasteiger partial charge in [-0.15, -0.1) is 0 Å². The Bertz CT molecular complexity index is 587. The first kappa shape index (κ1) is 18.5. The molecule has 0 spiro atoms. The van der Waals surface area contributed by atoms with Gasteiger partial charge >= 0.3 is 12.0 Å². The maximum atomic E-state index is 12.4. The summed E-state index contributed by atoms with van der Waals surface area (Å²) in [5.41, 5.74) is -0.0541. The van der Waals surface area contributed by atoms with Crippen LogP contribution in [0.4, 0.5) is 4.79 Å². The number of morpholine rings is 1. The Balaban J connectivity index is 1.24. The van der Waals surface area contributed by atoms with Crippen molar-refractivity contribution in [1.29, 1.82) is 0 Å². The van der Waals surface area contributed by atoms with Crippen molar-refractivity contribution in [2.45, 2.75) is 56.5 Å². The number of nitrogens with zero attached hydrogens (tertiary/aromatic N) is 1. The van der Waals surface area contributed by atoms with E-state index >= 15 is 0 Å². The summed E-state index contributed by atoms with van der Waals surface area (Å²) in [6, 6.07) is -1.14. The van der Waals surface area contributed by atoms with Gasteiger partial charge < -0.3 is 25.4 Å². The summed E-state index contributed by atoms with van der Waals surface area (Å²) in [5, 5.41) is 15.2. The Morgan fingerprint density at radius 3 is 2.30 bits per heavy atom. The number of carboxylic acid groups (broad SMARTS) is 1. The van der Waals surface area contributed by atoms with Crippen LogP contribution in [-0.4, -0.2) is 65.8 Å². The summed E-state index contributed by atoms with van der Waals surface area (Å²) < 4.78 is 5.15. The Morgan fingerprint density at radius 2 is 1.70 bits per heavy atom. The first-order valence-electron chi connectivity index (χ1n) is 10.1. The maximum Gasteiger partial charge on any atom is 0.328 e. The van der Waals surface area contributed by atoms with Gasteiger partial charge in [0.15, 0.2) is 6.04 Å². The van der Waals surface area contributed by atoms with E-state index in [4.69, 9.17) is 4.74 Å². The lowest BCUT2D eigenvalue weighted by Crippen LogP contribution is -2.61. The smallest absolute Gasteiger partial charge is 0.328 e. The summed E-state index contributed by atoms with van der Waals surface area (Å²) in [6.45, 7) is 0.840. The molecule has 5 aliphatic rings. The first-order valence-corrected chi connectivity index (χ1v) is 10.1. The van der Waals surface area contributed by atoms with Crippen molar-refractivity contribution in [1.82, 2.24) is 15.5 Å². The highest BCUT2D eigenvalue weighted by molar-refractivity contribution is 5.84. The third-order valence-corrected chi connectivity index (χ3v) is 6.78. The van der Waals surface area contributed by atoms with Crippen LogP contribution in [0.15, 0.2) is 0 Å². The average Bonchev–Trinajstić information content (AvgIpc) is 2.59. The molecule has 8 nitrogen and oxygen atoms in total. The van der Waals surface area contributed by atoms with Crippen molar-refractivity contribution in [2.24, 2.45) is 17.8 Å². The average molecular weight is 379 g/mol. The molecule has 0 radical (unpaired) electrons. The van der Waals surface area contributed by atoms with Gasteiger partial charge in [-0.2, -0.15) is 0 Å². The van der Waals surface area contributed by atoms with E-state index in [-0.39, 0.29) is 43.6 Å². The lowest BCUT2D eigenvalue weighted by molar-refractivity contribution is -0.158. The van der Waals surface area contributed by atoms with Crippen molar-refractivity contribution < 1.29 is 24.2 Å². The fourth-order valence-electron chi connectivity index (χ4n) is 6.08. The second-order valence-corrected chi connectivity index (χ2v) is 8.84. The summed E-state index contributed by atoms with van der Waals surface area (Å²) in [5.74, 6) is 0.948. The standard InChI is InChI=1S/C19H29N3O5/c23-16(22-3-4-27-11-15(22)17(24)25)1-2-20-18(26)21-19-8-12-5-13(9-19)7-14(6-12)10-19/h12-15H,1-11H2,(H,24,25)(H2,20,21,26). The number of urea groups is 1. The van der Waals surface area contributed by atoms with Gasteiger partial charge in [0.2, 0.25) is 5.91 Å². The van der Waals surface area contributed by atoms with Crippen LogP contribution in [0.5, 0.6) is 0 Å². The Hall–Kier alpha value is -1.83. The van der Waals surface area contributed by atoms with Crippen molar-refractivity contribution in [3.8, 4) is 0 Å². The quantitative estimate of drug-likeness (QED) is 0.659. The van der Waals surface area contributed by atoms with Gasteiger partial charge in [-0.1, -0.05) is 0 Å². The number of nitrogens with one attached hydrogen (secondary N) is 2. The second-order valence-electron chi connectivity index (χ2n) is 8.84. The number of hydrogen-bond acceptors (Lipinski definition) is 4. The minimum Gasteiger partial charge on any atom is -0.480 e. The molecular weight excluding hydrogens is 350 g/mol. The van der Waals surface area contributed by atoms with Crippen molar-refractivity contribution >= 4 is 17.9 Å². The molecule has 3 amide bonds. The van der Waals surface area contributed by atoms with E-state index in [9.17, 15) is 19.5 Å². The van der Waals surface area contributed by atoms with E-state index in [1.54, 1.807) is 0 Å². The molecule has 150 valence electrons. The minimum absolute atomic E-state index is 0.0149. The summed E-state index contributed by atoms with van der Waals surface area (Å²) in [6.07, 6.45) is 7.31. The number of carbonyl (C=O) groups excluding carboxylic acids is 2. The molecule has 1 unspecified atom stereocenters. The van der Waals surface area contributed by atoms with Crippen molar-refractivity contribution in [3.05, 3.63) is 0 Å². The number of hydrogen-bond donors (Lipinski definition) is 3. The van der Waals surface area contributed by atoms with Gasteiger partial charge in [0.25, 0.3) is 0 Å². The predicted molar refractivity (Wildman–Crippen MR) is 96.0 cm³/mol. The molecule has 0 aromatic rings. The van der Waals surface area contributed by atoms with E-state index in [2.05, 4.69) is 10.6 Å². The van der Waals surface area contributed by atoms with Crippen LogP contribution in [0, 0.1) is 17.8 Å². The molecule has 5 fully saturated rings. The molecular formula is C19H29N3O5. The zero-order valence-electron chi connectivity index (χ0n) is 15.6. The van der Waals surface area contributed by atoms with Gasteiger partial charge in [0, 0.05) is 25.0 Å². The molecule has 4 aliphatic carbocycles. The first-order chi connectivity index (χ1) is 12.9. The van der Waals surface area contributed by atoms with Crippen molar-refractivity contribution in [3.63, 3.8) is 0 Å². The molecule has 0 aromatic heterocycles. The van der Waals surface area contributed by atoms with Crippen LogP contribution in [0.1, 0.15) is 44.9 Å². The second kappa shape index (κ2) is 7.30. The van der Waals surface area contributed by atoms with Crippen molar-refractivity contribution in [2.75, 3.05) is 26.3 Å². The fourth-order valence-corrected chi connectivity index (χ4v) is 6.08. The molecule has 5 rings (SSSR count). The molecule has 1 saturated heterocycles. The largest absolute Gasteiger partial charge is 0.480 e. The number of rotatable bonds is 5. The monoisotopic (exact) mass is 379 g/mol. The number of aliphatic carboxylic acids is 1. The lowest BCUT2D eigenvalue weighted by atomic mass is 9.53. The third-order valence-electron chi connectivity index (χ3n) is 6.78. The van der Waals surface area contributed by atoms with Gasteiger partial charge in [0.1, 0.15) is 0 Å². The van der Waals surface area contributed by atoms with E-state index in [1.807, 2.05) is 0 Å². The Morgan fingerprint density at radius 1 is 1.07 bits per heavy atom. The van der Waals surface area contributed by atoms with Gasteiger partial charge in [-0.05, 0) is 56.3 Å². The number of amides is 3. The number of carboxylic acids is 1. The highest BCUT2D eigenvalue weighted by Gasteiger charge is 2.51. The van der Waals surface area contributed by atoms with Gasteiger partial charge in [-0.3, -0.25) is 4.79 Å². The summed E-state index contributed by atoms with van der Waals surface area (Å²) >= 11 is 0. The van der Waals surface area contributed by atoms with E-state index in [1.165, 1.54) is 24.2 Å². The zero-order chi connectivity index (χ0) is 19.0. The van der Waals surface area contributed by atoms with Crippen LogP contribution in [-0.2, 0) is 14.3 Å². The van der Waals surface area contributed by atoms with Crippen LogP contribution in [0.2, 0.25) is 0 Å². The maximum absolute atomic E-state index is 12.4. The molecule has 8 heteroatoms. The molecule has 1 atom stereocenters. The molecule has 0 aromatic carbocycles. The zero-order valence-corrected chi connectivity index (χ0v) is 15.6. The summed E-state index contributed by atoms with van der Waals surface area (Å²) in [7, 11) is 0. The summed E-state index contributed by atoms with van der Waals surface area (Å²) in [4.78, 5) is 37.3. The van der Waals surface area contributed by atoms with E-state index in [0.717, 1.165) is 37.0 Å². The lowest BCUT2D eigenvalue weighted by Gasteiger charge is -2.56. The number of carbonyl (C=O) groups is 3. The third kappa shape index (κ3) is 3.90. The van der Waals surface area contributed by atoms with Crippen LogP contribution < -0.4 is 10.6 Å². The molecule has 4 saturated carbocycles. The molecule has 3 N–H and O–H groups in total. The highest BCUT2D eigenvalue weighted by atomic mass is 16.5. The minimum atomic E-state index is -1.06.